The third-order valence-electron chi connectivity index (χ3n) is 5.20. The first-order chi connectivity index (χ1) is 11.6. The summed E-state index contributed by atoms with van der Waals surface area (Å²) in [6.45, 7) is 6.45. The molecular formula is C22H29OP. The summed E-state index contributed by atoms with van der Waals surface area (Å²) in [6, 6.07) is 13.0. The van der Waals surface area contributed by atoms with Gasteiger partial charge in [0, 0.05) is 16.8 Å². The summed E-state index contributed by atoms with van der Waals surface area (Å²) >= 11 is 0. The Kier molecular flexibility index (Phi) is 5.30. The quantitative estimate of drug-likeness (QED) is 0.449. The van der Waals surface area contributed by atoms with Crippen LogP contribution in [-0.4, -0.2) is 6.16 Å². The van der Waals surface area contributed by atoms with Gasteiger partial charge in [-0.3, -0.25) is 0 Å². The van der Waals surface area contributed by atoms with Gasteiger partial charge in [0.25, 0.3) is 0 Å². The lowest BCUT2D eigenvalue weighted by atomic mass is 10.0. The highest BCUT2D eigenvalue weighted by Crippen LogP contribution is 2.53. The number of hydrogen-bond acceptors (Lipinski definition) is 1. The fourth-order valence-corrected chi connectivity index (χ4v) is 7.22. The standard InChI is InChI=1S/C22H29OP/c1-4-5-6-7-8-9-14-24(23)21-15-17(2)10-12-19(21)20-13-11-18(3)16-22(20)24/h10-13,15-16H,4-9,14H2,1-3H3. The van der Waals surface area contributed by atoms with Crippen molar-refractivity contribution in [1.29, 1.82) is 0 Å². The predicted octanol–water partition coefficient (Wildman–Crippen LogP) is 5.96. The van der Waals surface area contributed by atoms with Crippen LogP contribution in [0.25, 0.3) is 11.1 Å². The summed E-state index contributed by atoms with van der Waals surface area (Å²) in [4.78, 5) is 0. The van der Waals surface area contributed by atoms with E-state index in [9.17, 15) is 4.57 Å². The number of hydrogen-bond donors (Lipinski definition) is 0. The fourth-order valence-electron chi connectivity index (χ4n) is 3.82. The lowest BCUT2D eigenvalue weighted by Gasteiger charge is -2.16. The van der Waals surface area contributed by atoms with E-state index in [4.69, 9.17) is 0 Å². The smallest absolute Gasteiger partial charge is 0.144 e. The van der Waals surface area contributed by atoms with E-state index < -0.39 is 7.14 Å². The van der Waals surface area contributed by atoms with Crippen LogP contribution >= 0.6 is 7.14 Å². The Labute approximate surface area is 146 Å². The van der Waals surface area contributed by atoms with Gasteiger partial charge in [-0.25, -0.2) is 0 Å². The molecule has 1 aliphatic heterocycles. The Morgan fingerprint density at radius 3 is 1.79 bits per heavy atom. The molecule has 1 nitrogen and oxygen atoms in total. The Morgan fingerprint density at radius 1 is 0.750 bits per heavy atom. The van der Waals surface area contributed by atoms with Gasteiger partial charge >= 0.3 is 0 Å². The second kappa shape index (κ2) is 7.28. The molecule has 0 radical (unpaired) electrons. The maximum absolute atomic E-state index is 14.1. The van der Waals surface area contributed by atoms with Gasteiger partial charge in [0.15, 0.2) is 0 Å². The van der Waals surface area contributed by atoms with E-state index in [1.54, 1.807) is 0 Å². The minimum atomic E-state index is -2.46. The molecule has 0 bridgehead atoms. The molecule has 0 unspecified atom stereocenters. The molecule has 0 aromatic heterocycles. The molecule has 2 aromatic carbocycles. The van der Waals surface area contributed by atoms with E-state index in [2.05, 4.69) is 57.2 Å². The molecule has 0 aliphatic carbocycles. The highest BCUT2D eigenvalue weighted by atomic mass is 31.2. The first-order valence-electron chi connectivity index (χ1n) is 9.38. The number of fused-ring (bicyclic) bond motifs is 3. The lowest BCUT2D eigenvalue weighted by Crippen LogP contribution is -2.14. The van der Waals surface area contributed by atoms with Crippen LogP contribution in [0.15, 0.2) is 36.4 Å². The van der Waals surface area contributed by atoms with Crippen LogP contribution in [-0.2, 0) is 4.57 Å². The minimum absolute atomic E-state index is 0.825. The van der Waals surface area contributed by atoms with Crippen molar-refractivity contribution in [3.8, 4) is 11.1 Å². The fraction of sp³-hybridized carbons (Fsp3) is 0.455. The van der Waals surface area contributed by atoms with Crippen LogP contribution in [0.3, 0.4) is 0 Å². The number of aryl methyl sites for hydroxylation is 2. The second-order valence-electron chi connectivity index (χ2n) is 7.27. The summed E-state index contributed by atoms with van der Waals surface area (Å²) in [5, 5.41) is 2.22. The summed E-state index contributed by atoms with van der Waals surface area (Å²) < 4.78 is 14.1. The molecule has 0 spiro atoms. The van der Waals surface area contributed by atoms with Crippen molar-refractivity contribution in [2.75, 3.05) is 6.16 Å². The van der Waals surface area contributed by atoms with Crippen LogP contribution in [0.5, 0.6) is 0 Å². The molecule has 128 valence electrons. The monoisotopic (exact) mass is 340 g/mol. The Morgan fingerprint density at radius 2 is 1.25 bits per heavy atom. The minimum Gasteiger partial charge on any atom is -0.314 e. The van der Waals surface area contributed by atoms with Gasteiger partial charge < -0.3 is 4.57 Å². The van der Waals surface area contributed by atoms with Gasteiger partial charge in [-0.15, -0.1) is 0 Å². The Hall–Kier alpha value is -1.33. The molecule has 2 aromatic rings. The molecule has 2 heteroatoms. The van der Waals surface area contributed by atoms with Crippen molar-refractivity contribution in [3.63, 3.8) is 0 Å². The molecule has 0 saturated heterocycles. The van der Waals surface area contributed by atoms with Crippen molar-refractivity contribution in [1.82, 2.24) is 0 Å². The van der Waals surface area contributed by atoms with Gasteiger partial charge in [0.2, 0.25) is 0 Å². The van der Waals surface area contributed by atoms with Gasteiger partial charge in [-0.1, -0.05) is 74.4 Å². The van der Waals surface area contributed by atoms with Crippen molar-refractivity contribution in [3.05, 3.63) is 47.5 Å². The molecular weight excluding hydrogens is 311 g/mol. The topological polar surface area (TPSA) is 17.1 Å². The van der Waals surface area contributed by atoms with Gasteiger partial charge in [-0.2, -0.15) is 0 Å². The maximum Gasteiger partial charge on any atom is 0.144 e. The van der Waals surface area contributed by atoms with E-state index >= 15 is 0 Å². The van der Waals surface area contributed by atoms with Crippen LogP contribution in [0.1, 0.15) is 56.6 Å². The number of benzene rings is 2. The van der Waals surface area contributed by atoms with Gasteiger partial charge in [0.1, 0.15) is 7.14 Å². The third-order valence-corrected chi connectivity index (χ3v) is 8.44. The van der Waals surface area contributed by atoms with Crippen molar-refractivity contribution < 1.29 is 4.57 Å². The zero-order chi connectivity index (χ0) is 17.2. The molecule has 0 fully saturated rings. The van der Waals surface area contributed by atoms with Crippen molar-refractivity contribution in [2.24, 2.45) is 0 Å². The van der Waals surface area contributed by atoms with Crippen molar-refractivity contribution in [2.45, 2.75) is 59.3 Å². The molecule has 1 aliphatic rings. The summed E-state index contributed by atoms with van der Waals surface area (Å²) in [6.07, 6.45) is 8.28. The second-order valence-corrected chi connectivity index (χ2v) is 10.2. The van der Waals surface area contributed by atoms with E-state index in [0.717, 1.165) is 23.2 Å². The molecule has 0 N–H and O–H groups in total. The average Bonchev–Trinajstić information content (AvgIpc) is 2.80. The third kappa shape index (κ3) is 3.24. The maximum atomic E-state index is 14.1. The predicted molar refractivity (Wildman–Crippen MR) is 106 cm³/mol. The Balaban J connectivity index is 1.87. The van der Waals surface area contributed by atoms with E-state index in [-0.39, 0.29) is 0 Å². The zero-order valence-electron chi connectivity index (χ0n) is 15.3. The summed E-state index contributed by atoms with van der Waals surface area (Å²) in [5.41, 5.74) is 4.82. The van der Waals surface area contributed by atoms with Crippen molar-refractivity contribution >= 4 is 17.8 Å². The highest BCUT2D eigenvalue weighted by Gasteiger charge is 2.38. The van der Waals surface area contributed by atoms with E-state index in [0.29, 0.717) is 0 Å². The van der Waals surface area contributed by atoms with Crippen LogP contribution in [0, 0.1) is 13.8 Å². The van der Waals surface area contributed by atoms with E-state index in [1.165, 1.54) is 54.4 Å². The summed E-state index contributed by atoms with van der Waals surface area (Å²) in [5.74, 6) is 0. The van der Waals surface area contributed by atoms with Crippen LogP contribution in [0.4, 0.5) is 0 Å². The largest absolute Gasteiger partial charge is 0.314 e. The first-order valence-corrected chi connectivity index (χ1v) is 11.3. The lowest BCUT2D eigenvalue weighted by molar-refractivity contribution is 0.580. The highest BCUT2D eigenvalue weighted by molar-refractivity contribution is 7.80. The molecule has 0 amide bonds. The SMILES string of the molecule is CCCCCCCCP1(=O)c2cc(C)ccc2-c2ccc(C)cc21. The van der Waals surface area contributed by atoms with Crippen LogP contribution in [0.2, 0.25) is 0 Å². The normalized spacial score (nSPS) is 14.5. The van der Waals surface area contributed by atoms with Gasteiger partial charge in [0.05, 0.1) is 0 Å². The van der Waals surface area contributed by atoms with E-state index in [1.807, 2.05) is 0 Å². The average molecular weight is 340 g/mol. The number of unbranched alkanes of at least 4 members (excludes halogenated alkanes) is 5. The summed E-state index contributed by atoms with van der Waals surface area (Å²) in [7, 11) is -2.46. The van der Waals surface area contributed by atoms with Crippen LogP contribution < -0.4 is 10.6 Å². The molecule has 0 saturated carbocycles. The first kappa shape index (κ1) is 17.5. The zero-order valence-corrected chi connectivity index (χ0v) is 16.2. The Bertz CT molecular complexity index is 720. The molecule has 24 heavy (non-hydrogen) atoms. The molecule has 0 atom stereocenters. The number of rotatable bonds is 7. The van der Waals surface area contributed by atoms with Gasteiger partial charge in [-0.05, 0) is 43.5 Å². The molecule has 1 heterocycles. The molecule has 3 rings (SSSR count).